The monoisotopic (exact) mass is 351 g/mol. The maximum Gasteiger partial charge on any atom is 0.124 e. The number of para-hydroxylation sites is 1. The maximum atomic E-state index is 6.10. The van der Waals surface area contributed by atoms with Gasteiger partial charge in [-0.1, -0.05) is 42.5 Å². The number of rotatable bonds is 7. The van der Waals surface area contributed by atoms with Crippen LogP contribution in [0.15, 0.2) is 54.6 Å². The third-order valence-electron chi connectivity index (χ3n) is 5.18. The van der Waals surface area contributed by atoms with Gasteiger partial charge in [-0.2, -0.15) is 0 Å². The van der Waals surface area contributed by atoms with Gasteiger partial charge in [0, 0.05) is 38.8 Å². The molecule has 1 unspecified atom stereocenters. The molecule has 1 fully saturated rings. The summed E-state index contributed by atoms with van der Waals surface area (Å²) in [7, 11) is 0. The number of nitrogens with zero attached hydrogens (tertiary/aromatic N) is 2. The zero-order chi connectivity index (χ0) is 18.4. The van der Waals surface area contributed by atoms with Crippen molar-refractivity contribution in [3.63, 3.8) is 0 Å². The summed E-state index contributed by atoms with van der Waals surface area (Å²) in [4.78, 5) is 5.10. The van der Waals surface area contributed by atoms with E-state index >= 15 is 0 Å². The first kappa shape index (κ1) is 18.9. The first-order valence-electron chi connectivity index (χ1n) is 9.72. The SMILES string of the molecule is [CH2]CC(Oc1ccccc1)c1ccc(CN2CCN(C(C)C)CC2)cc1. The van der Waals surface area contributed by atoms with Gasteiger partial charge in [-0.3, -0.25) is 9.80 Å². The predicted octanol–water partition coefficient (Wildman–Crippen LogP) is 4.56. The molecule has 2 aromatic rings. The van der Waals surface area contributed by atoms with Gasteiger partial charge in [0.25, 0.3) is 0 Å². The standard InChI is InChI=1S/C23H31N2O/c1-4-23(26-22-8-6-5-7-9-22)21-12-10-20(11-13-21)18-24-14-16-25(17-15-24)19(2)3/h5-13,19,23H,1,4,14-18H2,2-3H3. The van der Waals surface area contributed by atoms with Crippen molar-refractivity contribution in [1.29, 1.82) is 0 Å². The summed E-state index contributed by atoms with van der Waals surface area (Å²) < 4.78 is 6.10. The quantitative estimate of drug-likeness (QED) is 0.727. The second kappa shape index (κ2) is 9.20. The molecule has 2 aromatic carbocycles. The van der Waals surface area contributed by atoms with Gasteiger partial charge in [-0.25, -0.2) is 0 Å². The molecule has 1 aliphatic rings. The molecule has 1 heterocycles. The van der Waals surface area contributed by atoms with E-state index in [0.29, 0.717) is 12.5 Å². The molecule has 0 saturated carbocycles. The average Bonchev–Trinajstić information content (AvgIpc) is 2.68. The van der Waals surface area contributed by atoms with Crippen LogP contribution in [0.2, 0.25) is 0 Å². The smallest absolute Gasteiger partial charge is 0.124 e. The zero-order valence-corrected chi connectivity index (χ0v) is 16.1. The summed E-state index contributed by atoms with van der Waals surface area (Å²) in [5.74, 6) is 0.897. The molecular formula is C23H31N2O. The fourth-order valence-electron chi connectivity index (χ4n) is 3.49. The van der Waals surface area contributed by atoms with Crippen molar-refractivity contribution in [3.8, 4) is 5.75 Å². The molecule has 0 amide bonds. The van der Waals surface area contributed by atoms with Crippen molar-refractivity contribution in [3.05, 3.63) is 72.6 Å². The number of ether oxygens (including phenoxy) is 1. The average molecular weight is 352 g/mol. The van der Waals surface area contributed by atoms with Crippen molar-refractivity contribution >= 4 is 0 Å². The highest BCUT2D eigenvalue weighted by Crippen LogP contribution is 2.25. The van der Waals surface area contributed by atoms with Gasteiger partial charge < -0.3 is 4.74 Å². The molecule has 0 aromatic heterocycles. The van der Waals surface area contributed by atoms with E-state index in [1.807, 2.05) is 30.3 Å². The summed E-state index contributed by atoms with van der Waals surface area (Å²) in [6.07, 6.45) is 0.715. The summed E-state index contributed by atoms with van der Waals surface area (Å²) in [6.45, 7) is 14.3. The molecule has 139 valence electrons. The van der Waals surface area contributed by atoms with Crippen LogP contribution in [0.25, 0.3) is 0 Å². The molecule has 3 rings (SSSR count). The molecule has 1 saturated heterocycles. The lowest BCUT2D eigenvalue weighted by molar-refractivity contribution is 0.104. The van der Waals surface area contributed by atoms with Crippen LogP contribution in [-0.2, 0) is 6.54 Å². The molecule has 0 aliphatic carbocycles. The Balaban J connectivity index is 1.56. The predicted molar refractivity (Wildman–Crippen MR) is 108 cm³/mol. The van der Waals surface area contributed by atoms with E-state index < -0.39 is 0 Å². The fourth-order valence-corrected chi connectivity index (χ4v) is 3.49. The lowest BCUT2D eigenvalue weighted by Gasteiger charge is -2.37. The molecule has 0 N–H and O–H groups in total. The van der Waals surface area contributed by atoms with Crippen LogP contribution in [0.5, 0.6) is 5.75 Å². The van der Waals surface area contributed by atoms with Gasteiger partial charge >= 0.3 is 0 Å². The van der Waals surface area contributed by atoms with Crippen molar-refractivity contribution in [2.45, 2.75) is 39.0 Å². The lowest BCUT2D eigenvalue weighted by Crippen LogP contribution is -2.48. The van der Waals surface area contributed by atoms with Crippen LogP contribution < -0.4 is 4.74 Å². The van der Waals surface area contributed by atoms with Crippen LogP contribution in [0.4, 0.5) is 0 Å². The number of piperazine rings is 1. The van der Waals surface area contributed by atoms with E-state index in [9.17, 15) is 0 Å². The normalized spacial score (nSPS) is 17.4. The summed E-state index contributed by atoms with van der Waals surface area (Å²) in [5, 5.41) is 0. The highest BCUT2D eigenvalue weighted by Gasteiger charge is 2.19. The highest BCUT2D eigenvalue weighted by molar-refractivity contribution is 5.27. The van der Waals surface area contributed by atoms with E-state index in [1.54, 1.807) is 0 Å². The molecule has 26 heavy (non-hydrogen) atoms. The van der Waals surface area contributed by atoms with Gasteiger partial charge in [0.05, 0.1) is 0 Å². The van der Waals surface area contributed by atoms with Crippen LogP contribution in [0.1, 0.15) is 37.5 Å². The van der Waals surface area contributed by atoms with E-state index in [1.165, 1.54) is 24.2 Å². The van der Waals surface area contributed by atoms with Crippen molar-refractivity contribution in [1.82, 2.24) is 9.80 Å². The lowest BCUT2D eigenvalue weighted by atomic mass is 10.0. The van der Waals surface area contributed by atoms with Crippen molar-refractivity contribution < 1.29 is 4.74 Å². The molecule has 1 radical (unpaired) electrons. The van der Waals surface area contributed by atoms with Crippen LogP contribution in [0, 0.1) is 6.92 Å². The summed E-state index contributed by atoms with van der Waals surface area (Å²) in [5.41, 5.74) is 2.56. The summed E-state index contributed by atoms with van der Waals surface area (Å²) in [6, 6.07) is 19.5. The molecular weight excluding hydrogens is 320 g/mol. The molecule has 0 spiro atoms. The molecule has 1 aliphatic heterocycles. The number of hydrogen-bond donors (Lipinski definition) is 0. The van der Waals surface area contributed by atoms with Gasteiger partial charge in [0.15, 0.2) is 0 Å². The van der Waals surface area contributed by atoms with E-state index in [2.05, 4.69) is 54.8 Å². The molecule has 0 bridgehead atoms. The Bertz CT molecular complexity index is 646. The Morgan fingerprint density at radius 2 is 1.58 bits per heavy atom. The number of hydrogen-bond acceptors (Lipinski definition) is 3. The maximum absolute atomic E-state index is 6.10. The minimum atomic E-state index is 0.000960. The van der Waals surface area contributed by atoms with Crippen LogP contribution in [0.3, 0.4) is 0 Å². The zero-order valence-electron chi connectivity index (χ0n) is 16.1. The molecule has 3 nitrogen and oxygen atoms in total. The van der Waals surface area contributed by atoms with Gasteiger partial charge in [0.2, 0.25) is 0 Å². The van der Waals surface area contributed by atoms with E-state index in [4.69, 9.17) is 4.74 Å². The van der Waals surface area contributed by atoms with Crippen LogP contribution >= 0.6 is 0 Å². The van der Waals surface area contributed by atoms with Crippen LogP contribution in [-0.4, -0.2) is 42.0 Å². The second-order valence-corrected chi connectivity index (χ2v) is 7.36. The van der Waals surface area contributed by atoms with E-state index in [-0.39, 0.29) is 6.10 Å². The largest absolute Gasteiger partial charge is 0.486 e. The highest BCUT2D eigenvalue weighted by atomic mass is 16.5. The Morgan fingerprint density at radius 1 is 0.923 bits per heavy atom. The first-order chi connectivity index (χ1) is 12.7. The second-order valence-electron chi connectivity index (χ2n) is 7.36. The van der Waals surface area contributed by atoms with Gasteiger partial charge in [0.1, 0.15) is 11.9 Å². The topological polar surface area (TPSA) is 15.7 Å². The minimum absolute atomic E-state index is 0.000960. The van der Waals surface area contributed by atoms with E-state index in [0.717, 1.165) is 25.4 Å². The Labute approximate surface area is 158 Å². The Hall–Kier alpha value is -1.84. The third kappa shape index (κ3) is 5.09. The van der Waals surface area contributed by atoms with Crippen molar-refractivity contribution in [2.75, 3.05) is 26.2 Å². The van der Waals surface area contributed by atoms with Crippen molar-refractivity contribution in [2.24, 2.45) is 0 Å². The fraction of sp³-hybridized carbons (Fsp3) is 0.435. The van der Waals surface area contributed by atoms with Gasteiger partial charge in [-0.05, 0) is 50.5 Å². The minimum Gasteiger partial charge on any atom is -0.486 e. The molecule has 1 atom stereocenters. The number of benzene rings is 2. The Morgan fingerprint density at radius 3 is 2.15 bits per heavy atom. The van der Waals surface area contributed by atoms with Gasteiger partial charge in [-0.15, -0.1) is 0 Å². The first-order valence-corrected chi connectivity index (χ1v) is 9.72. The third-order valence-corrected chi connectivity index (χ3v) is 5.18. The molecule has 3 heteroatoms. The summed E-state index contributed by atoms with van der Waals surface area (Å²) >= 11 is 0. The Kier molecular flexibility index (Phi) is 6.70.